The number of carbonyl (C=O) groups is 2. The number of aryl methyl sites for hydroxylation is 1. The van der Waals surface area contributed by atoms with Gasteiger partial charge in [0.1, 0.15) is 23.4 Å². The Balaban J connectivity index is 1.41. The lowest BCUT2D eigenvalue weighted by Gasteiger charge is -2.25. The number of nitrogens with zero attached hydrogens (tertiary/aromatic N) is 2. The van der Waals surface area contributed by atoms with E-state index in [-0.39, 0.29) is 24.6 Å². The number of ether oxygens (including phenoxy) is 2. The van der Waals surface area contributed by atoms with Crippen LogP contribution in [0.15, 0.2) is 66.9 Å². The first kappa shape index (κ1) is 32.8. The van der Waals surface area contributed by atoms with Crippen molar-refractivity contribution in [3.05, 3.63) is 106 Å². The van der Waals surface area contributed by atoms with Crippen LogP contribution in [0.25, 0.3) is 22.3 Å². The number of carboxylic acid groups (broad SMARTS) is 1. The summed E-state index contributed by atoms with van der Waals surface area (Å²) < 4.78 is 108. The standard InChI is InChI=1S/C34H25F7N2O5/c1-16-9-26(31(44)45)42-15-25(16)17-3-8-29(47-2)24(12-17)22-5-4-21(35)14-23(22)27-6-7-28-30(48-32(46)43(27)28)18-10-19(33(36,37)38)13-20(11-18)34(39,40)41/h3-5,8-15,27-28,30H,6-7H2,1-2H3,(H,44,45)/t27-,28?,30+/m0/s1. The summed E-state index contributed by atoms with van der Waals surface area (Å²) in [5.74, 6) is -1.46. The third-order valence-electron chi connectivity index (χ3n) is 8.66. The Morgan fingerprint density at radius 2 is 1.60 bits per heavy atom. The molecule has 0 aliphatic carbocycles. The molecule has 2 aliphatic rings. The molecule has 3 heterocycles. The first-order valence-corrected chi connectivity index (χ1v) is 14.5. The highest BCUT2D eigenvalue weighted by Crippen LogP contribution is 2.51. The Morgan fingerprint density at radius 3 is 2.21 bits per heavy atom. The molecule has 1 amide bonds. The second-order valence-electron chi connectivity index (χ2n) is 11.5. The number of aromatic nitrogens is 1. The first-order chi connectivity index (χ1) is 22.6. The van der Waals surface area contributed by atoms with Crippen molar-refractivity contribution in [2.24, 2.45) is 0 Å². The lowest BCUT2D eigenvalue weighted by molar-refractivity contribution is -0.143. The fraction of sp³-hybridized carbons (Fsp3) is 0.265. The van der Waals surface area contributed by atoms with Crippen LogP contribution in [0.5, 0.6) is 5.75 Å². The molecular formula is C34H25F7N2O5. The summed E-state index contributed by atoms with van der Waals surface area (Å²) >= 11 is 0. The molecule has 0 spiro atoms. The smallest absolute Gasteiger partial charge is 0.416 e. The third kappa shape index (κ3) is 5.90. The SMILES string of the molecule is COc1ccc(-c2cnc(C(=O)O)cc2C)cc1-c1ccc(F)cc1[C@@H]1CCC2[C@@H](c3cc(C(F)(F)F)cc(C(F)(F)F)c3)OC(=O)N21. The number of pyridine rings is 1. The van der Waals surface area contributed by atoms with Crippen molar-refractivity contribution in [3.8, 4) is 28.0 Å². The molecule has 3 atom stereocenters. The van der Waals surface area contributed by atoms with Gasteiger partial charge in [0.2, 0.25) is 0 Å². The van der Waals surface area contributed by atoms with Crippen molar-refractivity contribution >= 4 is 12.1 Å². The number of halogens is 7. The fourth-order valence-electron chi connectivity index (χ4n) is 6.50. The lowest BCUT2D eigenvalue weighted by Crippen LogP contribution is -2.31. The maximum atomic E-state index is 14.9. The number of alkyl halides is 6. The molecule has 2 aliphatic heterocycles. The predicted molar refractivity (Wildman–Crippen MR) is 157 cm³/mol. The monoisotopic (exact) mass is 674 g/mol. The van der Waals surface area contributed by atoms with E-state index in [0.717, 1.165) is 0 Å². The number of benzene rings is 3. The molecule has 4 aromatic rings. The minimum atomic E-state index is -5.09. The zero-order chi connectivity index (χ0) is 34.7. The largest absolute Gasteiger partial charge is 0.496 e. The van der Waals surface area contributed by atoms with Gasteiger partial charge in [-0.3, -0.25) is 4.90 Å². The zero-order valence-corrected chi connectivity index (χ0v) is 25.1. The van der Waals surface area contributed by atoms with Crippen molar-refractivity contribution in [2.45, 2.75) is 50.3 Å². The van der Waals surface area contributed by atoms with Crippen LogP contribution in [-0.2, 0) is 17.1 Å². The summed E-state index contributed by atoms with van der Waals surface area (Å²) in [6.45, 7) is 1.72. The average Bonchev–Trinajstić information content (AvgIpc) is 3.60. The summed E-state index contributed by atoms with van der Waals surface area (Å²) in [6, 6.07) is 9.78. The van der Waals surface area contributed by atoms with E-state index < -0.39 is 65.1 Å². The van der Waals surface area contributed by atoms with Gasteiger partial charge in [-0.2, -0.15) is 26.3 Å². The van der Waals surface area contributed by atoms with Gasteiger partial charge >= 0.3 is 24.4 Å². The number of fused-ring (bicyclic) bond motifs is 1. The van der Waals surface area contributed by atoms with Crippen LogP contribution in [-0.4, -0.2) is 40.2 Å². The van der Waals surface area contributed by atoms with Crippen molar-refractivity contribution in [2.75, 3.05) is 7.11 Å². The van der Waals surface area contributed by atoms with Crippen molar-refractivity contribution in [1.82, 2.24) is 9.88 Å². The van der Waals surface area contributed by atoms with Crippen molar-refractivity contribution in [1.29, 1.82) is 0 Å². The summed E-state index contributed by atoms with van der Waals surface area (Å²) in [5, 5.41) is 9.31. The normalized spacial score (nSPS) is 19.3. The Hall–Kier alpha value is -5.14. The lowest BCUT2D eigenvalue weighted by atomic mass is 9.90. The Labute approximate surface area is 268 Å². The van der Waals surface area contributed by atoms with Crippen LogP contribution < -0.4 is 4.74 Å². The molecular weight excluding hydrogens is 649 g/mol. The molecule has 2 fully saturated rings. The Bertz CT molecular complexity index is 1910. The van der Waals surface area contributed by atoms with Crippen molar-refractivity contribution in [3.63, 3.8) is 0 Å². The number of methoxy groups -OCH3 is 1. The third-order valence-corrected chi connectivity index (χ3v) is 8.66. The minimum absolute atomic E-state index is 0.00803. The van der Waals surface area contributed by atoms with E-state index in [1.54, 1.807) is 25.1 Å². The molecule has 1 aromatic heterocycles. The number of hydrogen-bond acceptors (Lipinski definition) is 5. The topological polar surface area (TPSA) is 89.0 Å². The van der Waals surface area contributed by atoms with E-state index >= 15 is 0 Å². The highest BCUT2D eigenvalue weighted by Gasteiger charge is 2.51. The quantitative estimate of drug-likeness (QED) is 0.206. The maximum Gasteiger partial charge on any atom is 0.416 e. The van der Waals surface area contributed by atoms with Gasteiger partial charge in [-0.1, -0.05) is 12.1 Å². The van der Waals surface area contributed by atoms with E-state index in [9.17, 15) is 45.4 Å². The van der Waals surface area contributed by atoms with Gasteiger partial charge in [0.25, 0.3) is 0 Å². The van der Waals surface area contributed by atoms with E-state index in [0.29, 0.717) is 51.3 Å². The number of carbonyl (C=O) groups excluding carboxylic acids is 1. The molecule has 14 heteroatoms. The number of aromatic carboxylic acids is 1. The summed E-state index contributed by atoms with van der Waals surface area (Å²) in [7, 11) is 1.43. The van der Waals surface area contributed by atoms with Gasteiger partial charge in [-0.25, -0.2) is 19.0 Å². The average molecular weight is 675 g/mol. The predicted octanol–water partition coefficient (Wildman–Crippen LogP) is 9.00. The first-order valence-electron chi connectivity index (χ1n) is 14.5. The molecule has 0 bridgehead atoms. The number of hydrogen-bond donors (Lipinski definition) is 1. The fourth-order valence-corrected chi connectivity index (χ4v) is 6.50. The second kappa shape index (κ2) is 11.8. The van der Waals surface area contributed by atoms with Crippen LogP contribution >= 0.6 is 0 Å². The molecule has 3 aromatic carbocycles. The van der Waals surface area contributed by atoms with E-state index in [1.807, 2.05) is 0 Å². The zero-order valence-electron chi connectivity index (χ0n) is 25.1. The van der Waals surface area contributed by atoms with Gasteiger partial charge < -0.3 is 14.6 Å². The molecule has 0 saturated carbocycles. The maximum absolute atomic E-state index is 14.9. The van der Waals surface area contributed by atoms with Gasteiger partial charge in [-0.05, 0) is 96.1 Å². The molecule has 1 unspecified atom stereocenters. The highest BCUT2D eigenvalue weighted by atomic mass is 19.4. The van der Waals surface area contributed by atoms with E-state index in [1.165, 1.54) is 42.5 Å². The summed E-state index contributed by atoms with van der Waals surface area (Å²) in [5.41, 5.74) is -0.556. The number of amides is 1. The Morgan fingerprint density at radius 1 is 0.917 bits per heavy atom. The van der Waals surface area contributed by atoms with Gasteiger partial charge in [0.15, 0.2) is 0 Å². The van der Waals surface area contributed by atoms with E-state index in [2.05, 4.69) is 4.98 Å². The molecule has 250 valence electrons. The number of carboxylic acids is 1. The molecule has 48 heavy (non-hydrogen) atoms. The molecule has 1 N–H and O–H groups in total. The molecule has 7 nitrogen and oxygen atoms in total. The molecule has 2 saturated heterocycles. The van der Waals surface area contributed by atoms with E-state index in [4.69, 9.17) is 9.47 Å². The van der Waals surface area contributed by atoms with Gasteiger partial charge in [-0.15, -0.1) is 0 Å². The van der Waals surface area contributed by atoms with Crippen LogP contribution in [0, 0.1) is 12.7 Å². The van der Waals surface area contributed by atoms with Crippen LogP contribution in [0.2, 0.25) is 0 Å². The minimum Gasteiger partial charge on any atom is -0.496 e. The molecule has 6 rings (SSSR count). The summed E-state index contributed by atoms with van der Waals surface area (Å²) in [6.07, 6.45) is -10.8. The van der Waals surface area contributed by atoms with Crippen LogP contribution in [0.1, 0.15) is 63.3 Å². The highest BCUT2D eigenvalue weighted by molar-refractivity contribution is 5.87. The molecule has 0 radical (unpaired) electrons. The van der Waals surface area contributed by atoms with Crippen LogP contribution in [0.3, 0.4) is 0 Å². The van der Waals surface area contributed by atoms with Crippen LogP contribution in [0.4, 0.5) is 35.5 Å². The van der Waals surface area contributed by atoms with Gasteiger partial charge in [0, 0.05) is 17.3 Å². The van der Waals surface area contributed by atoms with Gasteiger partial charge in [0.05, 0.1) is 30.3 Å². The Kier molecular flexibility index (Phi) is 8.08. The summed E-state index contributed by atoms with van der Waals surface area (Å²) in [4.78, 5) is 29.9. The number of cyclic esters (lactones) is 1. The number of rotatable bonds is 6. The second-order valence-corrected chi connectivity index (χ2v) is 11.5. The van der Waals surface area contributed by atoms with Crippen molar-refractivity contribution < 1.29 is 54.9 Å².